The van der Waals surface area contributed by atoms with E-state index in [0.29, 0.717) is 39.9 Å². The normalized spacial score (nSPS) is 14.4. The van der Waals surface area contributed by atoms with Crippen molar-refractivity contribution in [2.75, 3.05) is 0 Å². The predicted molar refractivity (Wildman–Crippen MR) is 154 cm³/mol. The van der Waals surface area contributed by atoms with E-state index in [-0.39, 0.29) is 11.1 Å². The van der Waals surface area contributed by atoms with Crippen LogP contribution in [0.3, 0.4) is 0 Å². The summed E-state index contributed by atoms with van der Waals surface area (Å²) >= 11 is 0. The second-order valence-corrected chi connectivity index (χ2v) is 10.3. The molecule has 0 unspecified atom stereocenters. The third-order valence-corrected chi connectivity index (χ3v) is 7.38. The number of allylic oxidation sites excluding steroid dienone is 2. The summed E-state index contributed by atoms with van der Waals surface area (Å²) in [6.45, 7) is 4.22. The highest BCUT2D eigenvalue weighted by Crippen LogP contribution is 2.43. The van der Waals surface area contributed by atoms with Crippen molar-refractivity contribution < 1.29 is 19.8 Å². The molecule has 0 saturated heterocycles. The van der Waals surface area contributed by atoms with Crippen molar-refractivity contribution in [1.29, 1.82) is 0 Å². The van der Waals surface area contributed by atoms with Crippen LogP contribution in [0.4, 0.5) is 0 Å². The van der Waals surface area contributed by atoms with Gasteiger partial charge in [0.05, 0.1) is 16.8 Å². The molecule has 0 aliphatic heterocycles. The van der Waals surface area contributed by atoms with E-state index in [0.717, 1.165) is 28.7 Å². The lowest BCUT2D eigenvalue weighted by Gasteiger charge is -2.20. The van der Waals surface area contributed by atoms with Crippen molar-refractivity contribution >= 4 is 44.5 Å². The monoisotopic (exact) mass is 516 g/mol. The van der Waals surface area contributed by atoms with Crippen molar-refractivity contribution in [1.82, 2.24) is 9.97 Å². The summed E-state index contributed by atoms with van der Waals surface area (Å²) in [5.74, 6) is -2.48. The highest BCUT2D eigenvalue weighted by Gasteiger charge is 2.40. The molecule has 4 N–H and O–H groups in total. The molecular weight excluding hydrogens is 488 g/mol. The number of fused-ring (bicyclic) bond motifs is 2. The first-order chi connectivity index (χ1) is 18.9. The quantitative estimate of drug-likeness (QED) is 0.178. The lowest BCUT2D eigenvalue weighted by atomic mass is 9.83. The topological polar surface area (TPSA) is 106 Å². The maximum atomic E-state index is 13.9. The third-order valence-electron chi connectivity index (χ3n) is 7.38. The number of para-hydroxylation sites is 2. The first-order valence-corrected chi connectivity index (χ1v) is 13.1. The van der Waals surface area contributed by atoms with Gasteiger partial charge in [-0.25, -0.2) is 0 Å². The molecule has 0 spiro atoms. The highest BCUT2D eigenvalue weighted by atomic mass is 16.3. The first kappa shape index (κ1) is 24.5. The van der Waals surface area contributed by atoms with Gasteiger partial charge < -0.3 is 20.2 Å². The van der Waals surface area contributed by atoms with Crippen LogP contribution in [0, 0.1) is 5.92 Å². The fourth-order valence-corrected chi connectivity index (χ4v) is 5.47. The summed E-state index contributed by atoms with van der Waals surface area (Å²) in [7, 11) is 0. The van der Waals surface area contributed by atoms with Crippen molar-refractivity contribution in [3.63, 3.8) is 0 Å². The minimum Gasteiger partial charge on any atom is -0.504 e. The van der Waals surface area contributed by atoms with Crippen LogP contribution in [0.1, 0.15) is 37.1 Å². The number of aromatic amines is 2. The number of aliphatic hydroxyl groups excluding tert-OH is 2. The fraction of sp³-hybridized carbons (Fsp3) is 0.152. The van der Waals surface area contributed by atoms with Crippen molar-refractivity contribution in [3.8, 4) is 11.3 Å². The smallest absolute Gasteiger partial charge is 0.232 e. The van der Waals surface area contributed by atoms with E-state index in [1.807, 2.05) is 78.9 Å². The molecule has 0 fully saturated rings. The molecular formula is C33H28N2O4. The molecule has 0 bridgehead atoms. The van der Waals surface area contributed by atoms with Gasteiger partial charge in [-0.1, -0.05) is 80.6 Å². The molecule has 6 heteroatoms. The number of benzene rings is 3. The molecule has 2 heterocycles. The third kappa shape index (κ3) is 3.96. The molecule has 2 aromatic heterocycles. The summed E-state index contributed by atoms with van der Waals surface area (Å²) in [6, 6.07) is 24.3. The Morgan fingerprint density at radius 1 is 0.667 bits per heavy atom. The molecule has 6 rings (SSSR count). The number of aliphatic hydroxyl groups is 2. The Labute approximate surface area is 225 Å². The Kier molecular flexibility index (Phi) is 5.95. The Bertz CT molecular complexity index is 1830. The van der Waals surface area contributed by atoms with Gasteiger partial charge in [0.15, 0.2) is 11.5 Å². The van der Waals surface area contributed by atoms with Gasteiger partial charge in [-0.2, -0.15) is 0 Å². The van der Waals surface area contributed by atoms with Gasteiger partial charge in [0, 0.05) is 38.6 Å². The van der Waals surface area contributed by atoms with Crippen LogP contribution in [0.2, 0.25) is 0 Å². The molecule has 0 saturated carbocycles. The lowest BCUT2D eigenvalue weighted by molar-refractivity contribution is -0.116. The summed E-state index contributed by atoms with van der Waals surface area (Å²) in [5.41, 5.74) is 4.14. The van der Waals surface area contributed by atoms with E-state index in [9.17, 15) is 19.8 Å². The zero-order chi connectivity index (χ0) is 27.3. The van der Waals surface area contributed by atoms with Gasteiger partial charge in [0.25, 0.3) is 0 Å². The molecule has 1 aliphatic rings. The average Bonchev–Trinajstić information content (AvgIpc) is 3.51. The molecule has 3 aromatic carbocycles. The van der Waals surface area contributed by atoms with Gasteiger partial charge in [-0.15, -0.1) is 0 Å². The molecule has 0 radical (unpaired) electrons. The molecule has 5 aromatic rings. The maximum absolute atomic E-state index is 13.9. The van der Waals surface area contributed by atoms with Crippen LogP contribution in [0.5, 0.6) is 0 Å². The van der Waals surface area contributed by atoms with E-state index >= 15 is 0 Å². The summed E-state index contributed by atoms with van der Waals surface area (Å²) < 4.78 is 0. The van der Waals surface area contributed by atoms with Gasteiger partial charge in [-0.05, 0) is 36.5 Å². The first-order valence-electron chi connectivity index (χ1n) is 13.1. The molecule has 6 nitrogen and oxygen atoms in total. The number of Topliss-reactive ketones (excluding diaryl/α,β-unsaturated/α-hetero) is 2. The van der Waals surface area contributed by atoms with Crippen LogP contribution in [-0.2, 0) is 16.0 Å². The zero-order valence-electron chi connectivity index (χ0n) is 21.7. The van der Waals surface area contributed by atoms with Gasteiger partial charge in [-0.3, -0.25) is 9.59 Å². The van der Waals surface area contributed by atoms with Crippen molar-refractivity contribution in [3.05, 3.63) is 107 Å². The van der Waals surface area contributed by atoms with Gasteiger partial charge in [0.1, 0.15) is 0 Å². The molecule has 194 valence electrons. The number of carbonyl (C=O) groups excluding carboxylic acids is 2. The number of ketones is 2. The number of aryl methyl sites for hydroxylation is 1. The highest BCUT2D eigenvalue weighted by molar-refractivity contribution is 6.48. The lowest BCUT2D eigenvalue weighted by Crippen LogP contribution is -2.23. The van der Waals surface area contributed by atoms with Crippen LogP contribution >= 0.6 is 0 Å². The number of hydrogen-bond donors (Lipinski definition) is 4. The maximum Gasteiger partial charge on any atom is 0.232 e. The van der Waals surface area contributed by atoms with E-state index in [1.165, 1.54) is 0 Å². The van der Waals surface area contributed by atoms with Crippen LogP contribution in [0.25, 0.3) is 44.2 Å². The van der Waals surface area contributed by atoms with Gasteiger partial charge >= 0.3 is 0 Å². The van der Waals surface area contributed by atoms with E-state index in [1.54, 1.807) is 0 Å². The molecule has 0 amide bonds. The Hall–Kier alpha value is -4.84. The van der Waals surface area contributed by atoms with E-state index in [2.05, 4.69) is 23.8 Å². The average molecular weight is 517 g/mol. The number of aromatic nitrogens is 2. The van der Waals surface area contributed by atoms with Crippen molar-refractivity contribution in [2.45, 2.75) is 26.7 Å². The summed E-state index contributed by atoms with van der Waals surface area (Å²) in [5, 5.41) is 24.2. The molecule has 0 atom stereocenters. The number of H-pyrrole nitrogens is 2. The number of carbonyl (C=O) groups is 2. The zero-order valence-corrected chi connectivity index (χ0v) is 21.7. The second-order valence-electron chi connectivity index (χ2n) is 10.3. The van der Waals surface area contributed by atoms with Crippen LogP contribution in [-0.4, -0.2) is 31.7 Å². The fourth-order valence-electron chi connectivity index (χ4n) is 5.47. The molecule has 39 heavy (non-hydrogen) atoms. The SMILES string of the molecule is CC(C)CCc1[nH]c2ccccc2c1C1=C(O)C(=O)C(c2c(-c3ccccc3)[nH]c3ccccc23)=C(O)C1=O. The number of rotatable bonds is 6. The Morgan fingerprint density at radius 3 is 1.79 bits per heavy atom. The van der Waals surface area contributed by atoms with Crippen LogP contribution < -0.4 is 0 Å². The van der Waals surface area contributed by atoms with E-state index < -0.39 is 23.1 Å². The summed E-state index contributed by atoms with van der Waals surface area (Å²) in [4.78, 5) is 34.5. The summed E-state index contributed by atoms with van der Waals surface area (Å²) in [6.07, 6.45) is 1.47. The predicted octanol–water partition coefficient (Wildman–Crippen LogP) is 7.30. The Morgan fingerprint density at radius 2 is 1.18 bits per heavy atom. The second kappa shape index (κ2) is 9.48. The van der Waals surface area contributed by atoms with Crippen molar-refractivity contribution in [2.24, 2.45) is 5.92 Å². The molecule has 1 aliphatic carbocycles. The minimum atomic E-state index is -0.788. The van der Waals surface area contributed by atoms with Gasteiger partial charge in [0.2, 0.25) is 11.6 Å². The minimum absolute atomic E-state index is 0.168. The Balaban J connectivity index is 1.57. The van der Waals surface area contributed by atoms with Crippen LogP contribution in [0.15, 0.2) is 90.4 Å². The largest absolute Gasteiger partial charge is 0.504 e. The standard InChI is InChI=1S/C33H28N2O4/c1-18(2)16-17-24-25(20-12-6-8-14-22(20)34-24)27-30(36)32(38)28(33(39)31(27)37)26-21-13-7-9-15-23(21)35-29(26)19-10-4-3-5-11-19/h3-15,18,34-36,39H,16-17H2,1-2H3. The van der Waals surface area contributed by atoms with E-state index in [4.69, 9.17) is 0 Å². The number of nitrogens with one attached hydrogen (secondary N) is 2. The number of hydrogen-bond acceptors (Lipinski definition) is 4.